The third kappa shape index (κ3) is 5.19. The van der Waals surface area contributed by atoms with Gasteiger partial charge >= 0.3 is 0 Å². The van der Waals surface area contributed by atoms with Crippen LogP contribution >= 0.6 is 0 Å². The van der Waals surface area contributed by atoms with Gasteiger partial charge in [-0.2, -0.15) is 5.26 Å². The average Bonchev–Trinajstić information content (AvgIpc) is 2.95. The third-order valence-corrected chi connectivity index (χ3v) is 8.93. The lowest BCUT2D eigenvalue weighted by Gasteiger charge is -2.41. The second kappa shape index (κ2) is 11.2. The molecule has 200 valence electrons. The van der Waals surface area contributed by atoms with Crippen LogP contribution in [0.5, 0.6) is 0 Å². The second-order valence-electron chi connectivity index (χ2n) is 11.3. The van der Waals surface area contributed by atoms with Crippen molar-refractivity contribution in [2.45, 2.75) is 83.3 Å². The summed E-state index contributed by atoms with van der Waals surface area (Å²) in [5, 5.41) is 20.3. The highest BCUT2D eigenvalue weighted by Crippen LogP contribution is 2.36. The van der Waals surface area contributed by atoms with Gasteiger partial charge in [0, 0.05) is 60.1 Å². The van der Waals surface area contributed by atoms with Gasteiger partial charge in [-0.05, 0) is 88.2 Å². The molecule has 2 saturated heterocycles. The fourth-order valence-electron chi connectivity index (χ4n) is 6.49. The zero-order valence-electron chi connectivity index (χ0n) is 22.7. The van der Waals surface area contributed by atoms with Crippen LogP contribution in [0.3, 0.4) is 0 Å². The number of nitriles is 1. The van der Waals surface area contributed by atoms with E-state index in [1.165, 1.54) is 75.7 Å². The van der Waals surface area contributed by atoms with Crippen LogP contribution in [0, 0.1) is 11.3 Å². The van der Waals surface area contributed by atoms with Crippen LogP contribution in [0.15, 0.2) is 30.5 Å². The van der Waals surface area contributed by atoms with Crippen molar-refractivity contribution in [3.8, 4) is 6.07 Å². The van der Waals surface area contributed by atoms with Crippen LogP contribution in [-0.4, -0.2) is 48.1 Å². The normalized spacial score (nSPS) is 20.5. The van der Waals surface area contributed by atoms with Crippen LogP contribution in [0.2, 0.25) is 0 Å². The predicted molar refractivity (Wildman–Crippen MR) is 156 cm³/mol. The first-order chi connectivity index (χ1) is 18.7. The molecule has 0 bridgehead atoms. The van der Waals surface area contributed by atoms with Gasteiger partial charge in [0.25, 0.3) is 0 Å². The molecule has 3 fully saturated rings. The number of fused-ring (bicyclic) bond motifs is 1. The Bertz CT molecular complexity index is 1210. The molecule has 3 aliphatic heterocycles. The molecule has 0 amide bonds. The minimum absolute atomic E-state index is 0.480. The third-order valence-electron chi connectivity index (χ3n) is 8.93. The SMILES string of the molecule is CCc1cc(N2CCC(N3CCCCC3)CC2)ccc1Nc1cc(NC2CCC2)c2c(n1)CNC=C2C#N. The summed E-state index contributed by atoms with van der Waals surface area (Å²) in [5.74, 6) is 0.830. The zero-order chi connectivity index (χ0) is 25.9. The molecule has 0 atom stereocenters. The van der Waals surface area contributed by atoms with Crippen molar-refractivity contribution in [2.75, 3.05) is 41.7 Å². The first kappa shape index (κ1) is 25.1. The maximum Gasteiger partial charge on any atom is 0.132 e. The van der Waals surface area contributed by atoms with Crippen molar-refractivity contribution in [1.82, 2.24) is 15.2 Å². The number of rotatable bonds is 7. The molecule has 38 heavy (non-hydrogen) atoms. The number of pyridine rings is 1. The van der Waals surface area contributed by atoms with Gasteiger partial charge in [0.05, 0.1) is 17.8 Å². The maximum absolute atomic E-state index is 9.72. The Morgan fingerprint density at radius 2 is 1.82 bits per heavy atom. The molecule has 2 aromatic rings. The highest BCUT2D eigenvalue weighted by molar-refractivity contribution is 5.87. The van der Waals surface area contributed by atoms with Gasteiger partial charge in [0.1, 0.15) is 11.9 Å². The molecule has 4 aliphatic rings. The van der Waals surface area contributed by atoms with Crippen molar-refractivity contribution in [2.24, 2.45) is 0 Å². The van der Waals surface area contributed by atoms with Gasteiger partial charge in [-0.25, -0.2) is 4.98 Å². The Balaban J connectivity index is 1.19. The van der Waals surface area contributed by atoms with E-state index in [1.807, 2.05) is 6.20 Å². The minimum Gasteiger partial charge on any atom is -0.384 e. The summed E-state index contributed by atoms with van der Waals surface area (Å²) in [6.45, 7) is 7.73. The lowest BCUT2D eigenvalue weighted by molar-refractivity contribution is 0.141. The first-order valence-corrected chi connectivity index (χ1v) is 14.7. The van der Waals surface area contributed by atoms with Gasteiger partial charge in [-0.3, -0.25) is 0 Å². The van der Waals surface area contributed by atoms with Crippen molar-refractivity contribution >= 4 is 28.5 Å². The summed E-state index contributed by atoms with van der Waals surface area (Å²) < 4.78 is 0. The van der Waals surface area contributed by atoms with Gasteiger partial charge in [-0.15, -0.1) is 0 Å². The lowest BCUT2D eigenvalue weighted by Crippen LogP contribution is -2.46. The van der Waals surface area contributed by atoms with E-state index in [2.05, 4.69) is 63.0 Å². The molecular weight excluding hydrogens is 470 g/mol. The van der Waals surface area contributed by atoms with E-state index < -0.39 is 0 Å². The number of hydrogen-bond donors (Lipinski definition) is 3. The summed E-state index contributed by atoms with van der Waals surface area (Å²) >= 11 is 0. The summed E-state index contributed by atoms with van der Waals surface area (Å²) in [5.41, 5.74) is 7.29. The van der Waals surface area contributed by atoms with Crippen molar-refractivity contribution in [3.05, 3.63) is 47.3 Å². The molecule has 4 heterocycles. The van der Waals surface area contributed by atoms with Gasteiger partial charge < -0.3 is 25.8 Å². The number of nitrogens with one attached hydrogen (secondary N) is 3. The Kier molecular flexibility index (Phi) is 7.42. The van der Waals surface area contributed by atoms with E-state index in [0.29, 0.717) is 18.2 Å². The average molecular weight is 512 g/mol. The Labute approximate surface area is 227 Å². The number of allylic oxidation sites excluding steroid dienone is 1. The van der Waals surface area contributed by atoms with Crippen LogP contribution < -0.4 is 20.9 Å². The molecule has 7 nitrogen and oxygen atoms in total. The number of piperidine rings is 2. The maximum atomic E-state index is 9.72. The number of anilines is 4. The molecule has 0 unspecified atom stereocenters. The van der Waals surface area contributed by atoms with E-state index in [4.69, 9.17) is 4.98 Å². The second-order valence-corrected chi connectivity index (χ2v) is 11.3. The highest BCUT2D eigenvalue weighted by Gasteiger charge is 2.27. The Morgan fingerprint density at radius 1 is 1.00 bits per heavy atom. The highest BCUT2D eigenvalue weighted by atomic mass is 15.2. The number of nitrogens with zero attached hydrogens (tertiary/aromatic N) is 4. The summed E-state index contributed by atoms with van der Waals surface area (Å²) in [7, 11) is 0. The van der Waals surface area contributed by atoms with E-state index in [0.717, 1.165) is 54.0 Å². The van der Waals surface area contributed by atoms with Crippen LogP contribution in [0.25, 0.3) is 5.57 Å². The van der Waals surface area contributed by atoms with E-state index >= 15 is 0 Å². The summed E-state index contributed by atoms with van der Waals surface area (Å²) in [6, 6.07) is 12.5. The number of likely N-dealkylation sites (tertiary alicyclic amines) is 1. The van der Waals surface area contributed by atoms with Crippen LogP contribution in [0.4, 0.5) is 22.9 Å². The Hall–Kier alpha value is -3.24. The van der Waals surface area contributed by atoms with E-state index in [-0.39, 0.29) is 0 Å². The predicted octanol–water partition coefficient (Wildman–Crippen LogP) is 5.77. The van der Waals surface area contributed by atoms with Gasteiger partial charge in [0.15, 0.2) is 0 Å². The lowest BCUT2D eigenvalue weighted by atomic mass is 9.92. The number of hydrogen-bond acceptors (Lipinski definition) is 7. The molecule has 7 heteroatoms. The molecule has 6 rings (SSSR count). The largest absolute Gasteiger partial charge is 0.384 e. The molecule has 1 saturated carbocycles. The zero-order valence-corrected chi connectivity index (χ0v) is 22.7. The van der Waals surface area contributed by atoms with Crippen LogP contribution in [-0.2, 0) is 13.0 Å². The van der Waals surface area contributed by atoms with Crippen molar-refractivity contribution < 1.29 is 0 Å². The molecule has 0 radical (unpaired) electrons. The smallest absolute Gasteiger partial charge is 0.132 e. The van der Waals surface area contributed by atoms with E-state index in [9.17, 15) is 5.26 Å². The summed E-state index contributed by atoms with van der Waals surface area (Å²) in [4.78, 5) is 10.3. The Morgan fingerprint density at radius 3 is 2.53 bits per heavy atom. The monoisotopic (exact) mass is 511 g/mol. The van der Waals surface area contributed by atoms with Crippen molar-refractivity contribution in [3.63, 3.8) is 0 Å². The summed E-state index contributed by atoms with van der Waals surface area (Å²) in [6.07, 6.45) is 13.1. The van der Waals surface area contributed by atoms with Crippen molar-refractivity contribution in [1.29, 1.82) is 5.26 Å². The van der Waals surface area contributed by atoms with Crippen LogP contribution in [0.1, 0.15) is 75.1 Å². The molecule has 1 aromatic carbocycles. The van der Waals surface area contributed by atoms with Gasteiger partial charge in [-0.1, -0.05) is 13.3 Å². The number of benzene rings is 1. The number of aryl methyl sites for hydroxylation is 1. The fraction of sp³-hybridized carbons (Fsp3) is 0.548. The van der Waals surface area contributed by atoms with E-state index in [1.54, 1.807) is 0 Å². The first-order valence-electron chi connectivity index (χ1n) is 14.7. The minimum atomic E-state index is 0.480. The number of aromatic nitrogens is 1. The standard InChI is InChI=1S/C31H41N7/c1-2-22-17-26(38-15-11-25(12-16-38)37-13-4-3-5-14-37)9-10-27(22)35-30-18-28(34-24-7-6-8-24)31-23(19-32)20-33-21-29(31)36-30/h9-10,17-18,20,24-25,33H,2-8,11-16,21H2,1H3,(H2,34,35,36). The molecule has 1 aliphatic carbocycles. The van der Waals surface area contributed by atoms with Gasteiger partial charge in [0.2, 0.25) is 0 Å². The topological polar surface area (TPSA) is 79.2 Å². The quantitative estimate of drug-likeness (QED) is 0.435. The molecule has 0 spiro atoms. The molecular formula is C31H41N7. The molecule has 1 aromatic heterocycles. The molecule has 3 N–H and O–H groups in total. The fourth-order valence-corrected chi connectivity index (χ4v) is 6.49.